The van der Waals surface area contributed by atoms with Gasteiger partial charge in [0.15, 0.2) is 11.0 Å². The molecule has 0 radical (unpaired) electrons. The molecular formula is C22H21Cl2FN4O4. The number of nitrogens with zero attached hydrogens (tertiary/aromatic N) is 3. The van der Waals surface area contributed by atoms with E-state index in [-0.39, 0.29) is 24.5 Å². The molecule has 4 atom stereocenters. The second-order valence-corrected chi connectivity index (χ2v) is 9.64. The van der Waals surface area contributed by atoms with Crippen molar-refractivity contribution in [1.82, 2.24) is 9.88 Å². The van der Waals surface area contributed by atoms with Crippen molar-refractivity contribution in [3.05, 3.63) is 67.7 Å². The highest BCUT2D eigenvalue weighted by atomic mass is 35.5. The summed E-state index contributed by atoms with van der Waals surface area (Å²) in [6, 6.07) is 4.06. The second-order valence-electron chi connectivity index (χ2n) is 8.84. The average Bonchev–Trinajstić information content (AvgIpc) is 3.48. The summed E-state index contributed by atoms with van der Waals surface area (Å²) in [7, 11) is 0. The van der Waals surface area contributed by atoms with Gasteiger partial charge in [-0.15, -0.1) is 0 Å². The molecule has 2 N–H and O–H groups in total. The summed E-state index contributed by atoms with van der Waals surface area (Å²) in [4.78, 5) is 31.4. The summed E-state index contributed by atoms with van der Waals surface area (Å²) in [5.41, 5.74) is -0.672. The SMILES string of the molecule is O=C1Nc2cc(Cl)ccc2[C@@]12[C@@H](c1ccnc(Cl)c1F)[C@H]([N+](=O)[O-])[C@H](CCO)N2CC1CC1. The lowest BCUT2D eigenvalue weighted by atomic mass is 9.73. The Morgan fingerprint density at radius 3 is 2.76 bits per heavy atom. The fourth-order valence-corrected chi connectivity index (χ4v) is 5.98. The summed E-state index contributed by atoms with van der Waals surface area (Å²) in [5, 5.41) is 25.1. The van der Waals surface area contributed by atoms with E-state index in [0.717, 1.165) is 12.8 Å². The van der Waals surface area contributed by atoms with Gasteiger partial charge in [-0.25, -0.2) is 9.37 Å². The van der Waals surface area contributed by atoms with E-state index in [1.54, 1.807) is 18.2 Å². The number of aliphatic hydroxyl groups is 1. The molecule has 1 aliphatic carbocycles. The van der Waals surface area contributed by atoms with Gasteiger partial charge in [0.05, 0.1) is 12.0 Å². The summed E-state index contributed by atoms with van der Waals surface area (Å²) in [5.74, 6) is -2.30. The third-order valence-electron chi connectivity index (χ3n) is 7.06. The Morgan fingerprint density at radius 2 is 2.09 bits per heavy atom. The van der Waals surface area contributed by atoms with E-state index < -0.39 is 45.3 Å². The van der Waals surface area contributed by atoms with E-state index in [1.165, 1.54) is 12.3 Å². The normalized spacial score (nSPS) is 28.8. The minimum absolute atomic E-state index is 0.0455. The number of aromatic nitrogens is 1. The number of pyridine rings is 1. The van der Waals surface area contributed by atoms with Crippen molar-refractivity contribution in [2.75, 3.05) is 18.5 Å². The number of carbonyl (C=O) groups excluding carboxylic acids is 1. The number of rotatable bonds is 6. The minimum Gasteiger partial charge on any atom is -0.396 e. The molecule has 3 heterocycles. The van der Waals surface area contributed by atoms with Gasteiger partial charge in [0.1, 0.15) is 5.54 Å². The number of halogens is 3. The first-order valence-electron chi connectivity index (χ1n) is 10.7. The lowest BCUT2D eigenvalue weighted by molar-refractivity contribution is -0.528. The van der Waals surface area contributed by atoms with Crippen LogP contribution in [-0.2, 0) is 10.3 Å². The van der Waals surface area contributed by atoms with Crippen molar-refractivity contribution in [2.45, 2.75) is 42.8 Å². The molecular weight excluding hydrogens is 474 g/mol. The fraction of sp³-hybridized carbons (Fsp3) is 0.455. The molecule has 11 heteroatoms. The molecule has 1 aromatic carbocycles. The number of hydrogen-bond donors (Lipinski definition) is 2. The molecule has 3 aliphatic rings. The monoisotopic (exact) mass is 494 g/mol. The standard InChI is InChI=1S/C22H21Cl2FN4O4/c23-12-3-4-14-15(9-12)27-21(31)22(14)17(13-5-7-26-20(24)18(13)25)19(29(32)33)16(6-8-30)28(22)10-11-1-2-11/h3-5,7,9,11,16-17,19,30H,1-2,6,8,10H2,(H,27,31)/t16-,17-,19+,22+/m0/s1. The van der Waals surface area contributed by atoms with Gasteiger partial charge in [-0.1, -0.05) is 29.3 Å². The Hall–Kier alpha value is -2.33. The highest BCUT2D eigenvalue weighted by Gasteiger charge is 2.71. The maximum atomic E-state index is 15.4. The summed E-state index contributed by atoms with van der Waals surface area (Å²) in [6.07, 6.45) is 3.23. The van der Waals surface area contributed by atoms with Crippen LogP contribution in [0.4, 0.5) is 10.1 Å². The maximum Gasteiger partial charge on any atom is 0.250 e. The third-order valence-corrected chi connectivity index (χ3v) is 7.56. The van der Waals surface area contributed by atoms with Crippen molar-refractivity contribution in [1.29, 1.82) is 0 Å². The molecule has 33 heavy (non-hydrogen) atoms. The Kier molecular flexibility index (Phi) is 5.55. The number of likely N-dealkylation sites (tertiary alicyclic amines) is 1. The topological polar surface area (TPSA) is 109 Å². The maximum absolute atomic E-state index is 15.4. The Balaban J connectivity index is 1.83. The number of amides is 1. The van der Waals surface area contributed by atoms with Gasteiger partial charge in [0.25, 0.3) is 5.91 Å². The zero-order valence-electron chi connectivity index (χ0n) is 17.4. The molecule has 2 aliphatic heterocycles. The molecule has 0 unspecified atom stereocenters. The number of nitro groups is 1. The van der Waals surface area contributed by atoms with Crippen LogP contribution in [0, 0.1) is 21.8 Å². The largest absolute Gasteiger partial charge is 0.396 e. The molecule has 8 nitrogen and oxygen atoms in total. The molecule has 2 fully saturated rings. The van der Waals surface area contributed by atoms with Crippen molar-refractivity contribution in [3.63, 3.8) is 0 Å². The van der Waals surface area contributed by atoms with E-state index in [0.29, 0.717) is 22.8 Å². The highest BCUT2D eigenvalue weighted by Crippen LogP contribution is 2.59. The predicted molar refractivity (Wildman–Crippen MR) is 119 cm³/mol. The molecule has 2 aromatic rings. The first kappa shape index (κ1) is 22.5. The minimum atomic E-state index is -1.56. The predicted octanol–water partition coefficient (Wildman–Crippen LogP) is 3.58. The summed E-state index contributed by atoms with van der Waals surface area (Å²) >= 11 is 12.1. The van der Waals surface area contributed by atoms with Gasteiger partial charge in [0, 0.05) is 46.1 Å². The Labute approximate surface area is 198 Å². The smallest absolute Gasteiger partial charge is 0.250 e. The van der Waals surface area contributed by atoms with Gasteiger partial charge in [-0.3, -0.25) is 19.8 Å². The molecule has 1 spiro atoms. The Morgan fingerprint density at radius 1 is 1.33 bits per heavy atom. The number of hydrogen-bond acceptors (Lipinski definition) is 6. The number of nitrogens with one attached hydrogen (secondary N) is 1. The van der Waals surface area contributed by atoms with Crippen LogP contribution in [0.1, 0.15) is 36.3 Å². The van der Waals surface area contributed by atoms with Crippen molar-refractivity contribution in [2.24, 2.45) is 5.92 Å². The van der Waals surface area contributed by atoms with Crippen molar-refractivity contribution < 1.29 is 19.2 Å². The van der Waals surface area contributed by atoms with E-state index in [2.05, 4.69) is 10.3 Å². The highest BCUT2D eigenvalue weighted by molar-refractivity contribution is 6.31. The first-order chi connectivity index (χ1) is 15.8. The van der Waals surface area contributed by atoms with E-state index in [4.69, 9.17) is 23.2 Å². The number of aliphatic hydroxyl groups excluding tert-OH is 1. The molecule has 0 bridgehead atoms. The summed E-state index contributed by atoms with van der Waals surface area (Å²) < 4.78 is 15.4. The first-order valence-corrected chi connectivity index (χ1v) is 11.5. The third kappa shape index (κ3) is 3.32. The van der Waals surface area contributed by atoms with E-state index in [1.807, 2.05) is 4.90 Å². The van der Waals surface area contributed by atoms with Crippen LogP contribution in [0.3, 0.4) is 0 Å². The molecule has 1 amide bonds. The van der Waals surface area contributed by atoms with Crippen LogP contribution in [-0.4, -0.2) is 51.1 Å². The van der Waals surface area contributed by atoms with Crippen molar-refractivity contribution >= 4 is 34.8 Å². The number of fused-ring (bicyclic) bond motifs is 2. The van der Waals surface area contributed by atoms with Gasteiger partial charge in [-0.2, -0.15) is 0 Å². The second kappa shape index (κ2) is 8.16. The quantitative estimate of drug-likeness (QED) is 0.360. The van der Waals surface area contributed by atoms with Crippen LogP contribution in [0.15, 0.2) is 30.5 Å². The van der Waals surface area contributed by atoms with Gasteiger partial charge < -0.3 is 10.4 Å². The van der Waals surface area contributed by atoms with Crippen LogP contribution in [0.5, 0.6) is 0 Å². The van der Waals surface area contributed by atoms with Crippen LogP contribution in [0.2, 0.25) is 10.2 Å². The van der Waals surface area contributed by atoms with E-state index >= 15 is 4.39 Å². The molecule has 1 saturated heterocycles. The van der Waals surface area contributed by atoms with Gasteiger partial charge >= 0.3 is 0 Å². The molecule has 5 rings (SSSR count). The molecule has 174 valence electrons. The van der Waals surface area contributed by atoms with Crippen LogP contribution >= 0.6 is 23.2 Å². The lowest BCUT2D eigenvalue weighted by Gasteiger charge is -2.38. The lowest BCUT2D eigenvalue weighted by Crippen LogP contribution is -2.52. The number of benzene rings is 1. The number of carbonyl (C=O) groups is 1. The molecule has 1 saturated carbocycles. The average molecular weight is 495 g/mol. The fourth-order valence-electron chi connectivity index (χ4n) is 5.64. The van der Waals surface area contributed by atoms with Gasteiger partial charge in [-0.05, 0) is 43.4 Å². The van der Waals surface area contributed by atoms with E-state index in [9.17, 15) is 20.0 Å². The zero-order valence-corrected chi connectivity index (χ0v) is 18.9. The van der Waals surface area contributed by atoms with Crippen molar-refractivity contribution in [3.8, 4) is 0 Å². The zero-order chi connectivity index (χ0) is 23.5. The Bertz CT molecular complexity index is 1150. The molecule has 1 aromatic heterocycles. The van der Waals surface area contributed by atoms with Crippen LogP contribution in [0.25, 0.3) is 0 Å². The number of anilines is 1. The summed E-state index contributed by atoms with van der Waals surface area (Å²) in [6.45, 7) is 0.106. The van der Waals surface area contributed by atoms with Crippen LogP contribution < -0.4 is 5.32 Å². The van der Waals surface area contributed by atoms with Gasteiger partial charge in [0.2, 0.25) is 6.04 Å².